The number of aliphatic hydroxyl groups excluding tert-OH is 1. The molecule has 0 atom stereocenters. The first-order valence-electron chi connectivity index (χ1n) is 5.14. The molecule has 0 aromatic rings. The van der Waals surface area contributed by atoms with Crippen molar-refractivity contribution in [2.75, 3.05) is 0 Å². The van der Waals surface area contributed by atoms with Crippen molar-refractivity contribution >= 4 is 11.8 Å². The van der Waals surface area contributed by atoms with Crippen LogP contribution in [0, 0.1) is 0 Å². The summed E-state index contributed by atoms with van der Waals surface area (Å²) in [4.78, 5) is 11.6. The standard InChI is InChI=1S/C10H19N3O4/c1-5(2)16-9(14)7(8(11)13-12)10(15)17-6(3)4/h5-6,14H,12H2,1-4H3,(H2,11,13)/b9-7-. The minimum Gasteiger partial charge on any atom is -0.480 e. The SMILES string of the molecule is CC(C)OC(=O)C(/C(N)=N/N)=C(/O)OC(C)C. The number of hydrogen-bond acceptors (Lipinski definition) is 6. The molecule has 0 aromatic heterocycles. The Morgan fingerprint density at radius 3 is 2.00 bits per heavy atom. The molecular weight excluding hydrogens is 226 g/mol. The molecule has 0 rings (SSSR count). The van der Waals surface area contributed by atoms with Crippen molar-refractivity contribution < 1.29 is 19.4 Å². The third kappa shape index (κ3) is 5.10. The van der Waals surface area contributed by atoms with E-state index >= 15 is 0 Å². The Bertz CT molecular complexity index is 334. The fraction of sp³-hybridized carbons (Fsp3) is 0.600. The van der Waals surface area contributed by atoms with E-state index in [0.29, 0.717) is 0 Å². The van der Waals surface area contributed by atoms with Crippen LogP contribution in [-0.2, 0) is 14.3 Å². The maximum Gasteiger partial charge on any atom is 0.349 e. The van der Waals surface area contributed by atoms with Crippen molar-refractivity contribution in [1.29, 1.82) is 0 Å². The Hall–Kier alpha value is -1.92. The van der Waals surface area contributed by atoms with Crippen molar-refractivity contribution in [3.05, 3.63) is 11.5 Å². The van der Waals surface area contributed by atoms with Crippen LogP contribution >= 0.6 is 0 Å². The van der Waals surface area contributed by atoms with Gasteiger partial charge in [0.05, 0.1) is 12.2 Å². The highest BCUT2D eigenvalue weighted by atomic mass is 16.6. The van der Waals surface area contributed by atoms with Crippen LogP contribution in [0.4, 0.5) is 0 Å². The van der Waals surface area contributed by atoms with Crippen LogP contribution in [0.1, 0.15) is 27.7 Å². The maximum atomic E-state index is 11.6. The number of carbonyl (C=O) groups excluding carboxylic acids is 1. The van der Waals surface area contributed by atoms with Crippen molar-refractivity contribution in [2.45, 2.75) is 39.9 Å². The number of rotatable bonds is 5. The molecule has 7 heteroatoms. The van der Waals surface area contributed by atoms with Crippen LogP contribution in [0.25, 0.3) is 0 Å². The van der Waals surface area contributed by atoms with Crippen LogP contribution in [0.15, 0.2) is 16.6 Å². The second kappa shape index (κ2) is 6.62. The highest BCUT2D eigenvalue weighted by Crippen LogP contribution is 2.10. The van der Waals surface area contributed by atoms with E-state index in [1.807, 2.05) is 0 Å². The third-order valence-corrected chi connectivity index (χ3v) is 1.50. The van der Waals surface area contributed by atoms with Gasteiger partial charge in [-0.25, -0.2) is 4.79 Å². The minimum absolute atomic E-state index is 0.331. The quantitative estimate of drug-likeness (QED) is 0.122. The van der Waals surface area contributed by atoms with Crippen molar-refractivity contribution in [3.63, 3.8) is 0 Å². The minimum atomic E-state index is -0.843. The molecule has 98 valence electrons. The zero-order chi connectivity index (χ0) is 13.6. The second-order valence-electron chi connectivity index (χ2n) is 3.82. The summed E-state index contributed by atoms with van der Waals surface area (Å²) in [6.07, 6.45) is -0.697. The Morgan fingerprint density at radius 1 is 1.18 bits per heavy atom. The summed E-state index contributed by atoms with van der Waals surface area (Å²) < 4.78 is 9.84. The van der Waals surface area contributed by atoms with Gasteiger partial charge < -0.3 is 26.2 Å². The van der Waals surface area contributed by atoms with Gasteiger partial charge in [0.1, 0.15) is 0 Å². The molecule has 0 aliphatic rings. The Labute approximate surface area is 100 Å². The number of nitrogens with two attached hydrogens (primary N) is 2. The molecule has 0 bridgehead atoms. The topological polar surface area (TPSA) is 120 Å². The predicted molar refractivity (Wildman–Crippen MR) is 62.9 cm³/mol. The molecule has 0 spiro atoms. The van der Waals surface area contributed by atoms with Crippen LogP contribution in [0.3, 0.4) is 0 Å². The number of esters is 1. The van der Waals surface area contributed by atoms with E-state index in [4.69, 9.17) is 21.1 Å². The van der Waals surface area contributed by atoms with E-state index in [0.717, 1.165) is 0 Å². The zero-order valence-corrected chi connectivity index (χ0v) is 10.4. The van der Waals surface area contributed by atoms with Crippen LogP contribution in [-0.4, -0.2) is 29.1 Å². The largest absolute Gasteiger partial charge is 0.480 e. The van der Waals surface area contributed by atoms with Gasteiger partial charge in [-0.15, -0.1) is 0 Å². The number of hydrogen-bond donors (Lipinski definition) is 3. The molecule has 0 fully saturated rings. The Morgan fingerprint density at radius 2 is 1.65 bits per heavy atom. The van der Waals surface area contributed by atoms with E-state index in [1.54, 1.807) is 27.7 Å². The summed E-state index contributed by atoms with van der Waals surface area (Å²) in [5.41, 5.74) is 5.02. The highest BCUT2D eigenvalue weighted by molar-refractivity contribution is 6.18. The van der Waals surface area contributed by atoms with Crippen molar-refractivity contribution in [2.24, 2.45) is 16.7 Å². The van der Waals surface area contributed by atoms with Gasteiger partial charge in [-0.1, -0.05) is 0 Å². The molecular formula is C10H19N3O4. The van der Waals surface area contributed by atoms with Gasteiger partial charge in [0.15, 0.2) is 11.4 Å². The molecule has 0 aromatic carbocycles. The number of aliphatic hydroxyl groups is 1. The molecule has 0 saturated heterocycles. The number of amidine groups is 1. The molecule has 17 heavy (non-hydrogen) atoms. The summed E-state index contributed by atoms with van der Waals surface area (Å²) in [6, 6.07) is 0. The lowest BCUT2D eigenvalue weighted by Gasteiger charge is -2.14. The number of hydrazone groups is 1. The molecule has 0 heterocycles. The summed E-state index contributed by atoms with van der Waals surface area (Å²) in [7, 11) is 0. The summed E-state index contributed by atoms with van der Waals surface area (Å²) in [5, 5.41) is 12.7. The smallest absolute Gasteiger partial charge is 0.349 e. The normalized spacial score (nSPS) is 13.6. The molecule has 0 saturated carbocycles. The van der Waals surface area contributed by atoms with Crippen LogP contribution in [0.5, 0.6) is 0 Å². The molecule has 7 nitrogen and oxygen atoms in total. The van der Waals surface area contributed by atoms with Crippen molar-refractivity contribution in [1.82, 2.24) is 0 Å². The lowest BCUT2D eigenvalue weighted by Crippen LogP contribution is -2.28. The van der Waals surface area contributed by atoms with Gasteiger partial charge in [0.25, 0.3) is 5.95 Å². The van der Waals surface area contributed by atoms with E-state index in [9.17, 15) is 9.90 Å². The lowest BCUT2D eigenvalue weighted by molar-refractivity contribution is -0.142. The molecule has 0 unspecified atom stereocenters. The number of nitrogens with zero attached hydrogens (tertiary/aromatic N) is 1. The monoisotopic (exact) mass is 245 g/mol. The molecule has 0 aliphatic carbocycles. The Kier molecular flexibility index (Phi) is 5.87. The molecule has 5 N–H and O–H groups in total. The van der Waals surface area contributed by atoms with Crippen LogP contribution < -0.4 is 11.6 Å². The average molecular weight is 245 g/mol. The van der Waals surface area contributed by atoms with E-state index in [1.165, 1.54) is 0 Å². The summed E-state index contributed by atoms with van der Waals surface area (Å²) in [6.45, 7) is 6.67. The van der Waals surface area contributed by atoms with E-state index in [2.05, 4.69) is 5.10 Å². The molecule has 0 radical (unpaired) electrons. The van der Waals surface area contributed by atoms with Crippen LogP contribution in [0.2, 0.25) is 0 Å². The van der Waals surface area contributed by atoms with Gasteiger partial charge >= 0.3 is 5.97 Å². The van der Waals surface area contributed by atoms with Gasteiger partial charge in [-0.2, -0.15) is 5.10 Å². The first-order chi connectivity index (χ1) is 7.79. The van der Waals surface area contributed by atoms with Gasteiger partial charge in [-0.3, -0.25) is 0 Å². The fourth-order valence-corrected chi connectivity index (χ4v) is 0.921. The van der Waals surface area contributed by atoms with E-state index < -0.39 is 11.9 Å². The molecule has 0 aliphatic heterocycles. The zero-order valence-electron chi connectivity index (χ0n) is 10.4. The van der Waals surface area contributed by atoms with Gasteiger partial charge in [0.2, 0.25) is 0 Å². The average Bonchev–Trinajstić information content (AvgIpc) is 2.14. The van der Waals surface area contributed by atoms with Crippen molar-refractivity contribution in [3.8, 4) is 0 Å². The van der Waals surface area contributed by atoms with Gasteiger partial charge in [-0.05, 0) is 27.7 Å². The number of ether oxygens (including phenoxy) is 2. The maximum absolute atomic E-state index is 11.6. The number of carbonyl (C=O) groups is 1. The summed E-state index contributed by atoms with van der Waals surface area (Å²) in [5.74, 6) is 3.11. The second-order valence-corrected chi connectivity index (χ2v) is 3.82. The highest BCUT2D eigenvalue weighted by Gasteiger charge is 2.24. The summed E-state index contributed by atoms with van der Waals surface area (Å²) >= 11 is 0. The molecule has 0 amide bonds. The first kappa shape index (κ1) is 15.1. The first-order valence-corrected chi connectivity index (χ1v) is 5.14. The van der Waals surface area contributed by atoms with Gasteiger partial charge in [0, 0.05) is 0 Å². The third-order valence-electron chi connectivity index (χ3n) is 1.50. The fourth-order valence-electron chi connectivity index (χ4n) is 0.921. The van der Waals surface area contributed by atoms with E-state index in [-0.39, 0.29) is 23.6 Å². The predicted octanol–water partition coefficient (Wildman–Crippen LogP) is 0.364. The lowest BCUT2D eigenvalue weighted by atomic mass is 10.2. The Balaban J connectivity index is 5.20.